The second kappa shape index (κ2) is 8.54. The zero-order valence-electron chi connectivity index (χ0n) is 16.5. The highest BCUT2D eigenvalue weighted by atomic mass is 16.4. The molecular weight excluding hydrogens is 358 g/mol. The molecule has 3 rings (SSSR count). The molecule has 2 heterocycles. The number of carboxylic acid groups (broad SMARTS) is 1. The number of hydrogen-bond acceptors (Lipinski definition) is 4. The summed E-state index contributed by atoms with van der Waals surface area (Å²) in [6, 6.07) is 4.98. The summed E-state index contributed by atoms with van der Waals surface area (Å²) in [5.74, 6) is -0.160. The van der Waals surface area contributed by atoms with Crippen LogP contribution in [0.15, 0.2) is 23.0 Å². The van der Waals surface area contributed by atoms with Crippen LogP contribution in [0.2, 0.25) is 0 Å². The van der Waals surface area contributed by atoms with Crippen molar-refractivity contribution in [2.75, 3.05) is 13.1 Å². The van der Waals surface area contributed by atoms with Crippen LogP contribution in [0.3, 0.4) is 0 Å². The average molecular weight is 385 g/mol. The lowest BCUT2D eigenvalue weighted by Crippen LogP contribution is -2.36. The zero-order chi connectivity index (χ0) is 20.3. The quantitative estimate of drug-likeness (QED) is 0.825. The highest BCUT2D eigenvalue weighted by Crippen LogP contribution is 2.18. The Bertz CT molecular complexity index is 949. The lowest BCUT2D eigenvalue weighted by Gasteiger charge is -2.24. The average Bonchev–Trinajstić information content (AvgIpc) is 2.89. The maximum Gasteiger partial charge on any atom is 0.305 e. The summed E-state index contributed by atoms with van der Waals surface area (Å²) in [4.78, 5) is 43.0. The van der Waals surface area contributed by atoms with Crippen LogP contribution in [0.25, 0.3) is 10.9 Å². The largest absolute Gasteiger partial charge is 0.481 e. The molecule has 1 aromatic carbocycles. The Morgan fingerprint density at radius 2 is 2.04 bits per heavy atom. The third-order valence-electron chi connectivity index (χ3n) is 5.03. The van der Waals surface area contributed by atoms with Crippen molar-refractivity contribution in [3.05, 3.63) is 39.9 Å². The molecule has 0 aliphatic carbocycles. The van der Waals surface area contributed by atoms with Crippen molar-refractivity contribution < 1.29 is 14.7 Å². The molecule has 7 nitrogen and oxygen atoms in total. The maximum atomic E-state index is 13.0. The van der Waals surface area contributed by atoms with E-state index in [9.17, 15) is 14.4 Å². The molecule has 7 heteroatoms. The van der Waals surface area contributed by atoms with Crippen LogP contribution in [-0.2, 0) is 17.8 Å². The number of amides is 1. The lowest BCUT2D eigenvalue weighted by molar-refractivity contribution is -0.137. The van der Waals surface area contributed by atoms with Crippen LogP contribution in [0.1, 0.15) is 55.7 Å². The molecule has 0 spiro atoms. The Hall–Kier alpha value is -2.70. The van der Waals surface area contributed by atoms with E-state index in [-0.39, 0.29) is 30.3 Å². The van der Waals surface area contributed by atoms with Gasteiger partial charge in [0.25, 0.3) is 11.5 Å². The smallest absolute Gasteiger partial charge is 0.305 e. The van der Waals surface area contributed by atoms with Crippen molar-refractivity contribution in [2.45, 2.75) is 52.5 Å². The van der Waals surface area contributed by atoms with E-state index in [0.29, 0.717) is 29.6 Å². The fraction of sp³-hybridized carbons (Fsp3) is 0.524. The minimum absolute atomic E-state index is 0.0502. The van der Waals surface area contributed by atoms with Crippen LogP contribution in [0.5, 0.6) is 0 Å². The van der Waals surface area contributed by atoms with Gasteiger partial charge in [-0.1, -0.05) is 20.3 Å². The second-order valence-corrected chi connectivity index (χ2v) is 7.82. The summed E-state index contributed by atoms with van der Waals surface area (Å²) in [5.41, 5.74) is 0.918. The van der Waals surface area contributed by atoms with Crippen molar-refractivity contribution in [1.29, 1.82) is 0 Å². The first kappa shape index (κ1) is 20.0. The Morgan fingerprint density at radius 1 is 1.25 bits per heavy atom. The van der Waals surface area contributed by atoms with Crippen LogP contribution >= 0.6 is 0 Å². The molecule has 0 atom stereocenters. The monoisotopic (exact) mass is 385 g/mol. The van der Waals surface area contributed by atoms with Gasteiger partial charge in [-0.25, -0.2) is 4.98 Å². The summed E-state index contributed by atoms with van der Waals surface area (Å²) < 4.78 is 1.76. The number of fused-ring (bicyclic) bond motifs is 2. The first-order valence-electron chi connectivity index (χ1n) is 9.91. The Balaban J connectivity index is 1.96. The SMILES string of the molecule is CC(C)CN(CCC(=O)O)C(=O)c1ccc2c(=O)n3c(nc2c1)CCCCC3. The van der Waals surface area contributed by atoms with Crippen molar-refractivity contribution >= 4 is 22.8 Å². The van der Waals surface area contributed by atoms with E-state index in [1.165, 1.54) is 0 Å². The highest BCUT2D eigenvalue weighted by Gasteiger charge is 2.20. The van der Waals surface area contributed by atoms with E-state index in [1.54, 1.807) is 27.7 Å². The van der Waals surface area contributed by atoms with Crippen LogP contribution in [-0.4, -0.2) is 44.5 Å². The van der Waals surface area contributed by atoms with Crippen LogP contribution in [0, 0.1) is 5.92 Å². The lowest BCUT2D eigenvalue weighted by atomic mass is 10.1. The Morgan fingerprint density at radius 3 is 2.75 bits per heavy atom. The number of aryl methyl sites for hydroxylation is 1. The molecule has 0 fully saturated rings. The summed E-state index contributed by atoms with van der Waals surface area (Å²) in [6.45, 7) is 5.29. The summed E-state index contributed by atoms with van der Waals surface area (Å²) >= 11 is 0. The second-order valence-electron chi connectivity index (χ2n) is 7.82. The number of carbonyl (C=O) groups is 2. The number of carboxylic acids is 1. The predicted octanol–water partition coefficient (Wildman–Crippen LogP) is 2.70. The number of aromatic nitrogens is 2. The Labute approximate surface area is 164 Å². The number of hydrogen-bond donors (Lipinski definition) is 1. The van der Waals surface area contributed by atoms with E-state index in [2.05, 4.69) is 4.98 Å². The maximum absolute atomic E-state index is 13.0. The summed E-state index contributed by atoms with van der Waals surface area (Å²) in [6.07, 6.45) is 3.73. The molecule has 0 saturated carbocycles. The van der Waals surface area contributed by atoms with Gasteiger partial charge in [0.2, 0.25) is 0 Å². The normalized spacial score (nSPS) is 14.0. The first-order valence-corrected chi connectivity index (χ1v) is 9.91. The van der Waals surface area contributed by atoms with Crippen LogP contribution in [0.4, 0.5) is 0 Å². The van der Waals surface area contributed by atoms with E-state index >= 15 is 0 Å². The molecule has 150 valence electrons. The van der Waals surface area contributed by atoms with Gasteiger partial charge in [0.1, 0.15) is 5.82 Å². The number of aliphatic carboxylic acids is 1. The number of benzene rings is 1. The third kappa shape index (κ3) is 4.40. The molecule has 0 bridgehead atoms. The van der Waals surface area contributed by atoms with E-state index in [1.807, 2.05) is 13.8 Å². The molecule has 1 amide bonds. The van der Waals surface area contributed by atoms with Gasteiger partial charge in [-0.15, -0.1) is 0 Å². The van der Waals surface area contributed by atoms with Crippen LogP contribution < -0.4 is 5.56 Å². The number of rotatable bonds is 6. The van der Waals surface area contributed by atoms with Crippen molar-refractivity contribution in [3.63, 3.8) is 0 Å². The molecule has 1 N–H and O–H groups in total. The molecule has 0 radical (unpaired) electrons. The van der Waals surface area contributed by atoms with Crippen molar-refractivity contribution in [2.24, 2.45) is 5.92 Å². The van der Waals surface area contributed by atoms with Gasteiger partial charge in [0.05, 0.1) is 17.3 Å². The first-order chi connectivity index (χ1) is 13.4. The third-order valence-corrected chi connectivity index (χ3v) is 5.03. The molecule has 1 aliphatic rings. The van der Waals surface area contributed by atoms with E-state index in [0.717, 1.165) is 31.5 Å². The zero-order valence-corrected chi connectivity index (χ0v) is 16.5. The summed E-state index contributed by atoms with van der Waals surface area (Å²) in [5, 5.41) is 9.49. The molecule has 28 heavy (non-hydrogen) atoms. The fourth-order valence-electron chi connectivity index (χ4n) is 3.68. The molecular formula is C21H27N3O4. The minimum atomic E-state index is -0.933. The van der Waals surface area contributed by atoms with Gasteiger partial charge in [-0.2, -0.15) is 0 Å². The molecule has 0 unspecified atom stereocenters. The van der Waals surface area contributed by atoms with Crippen molar-refractivity contribution in [1.82, 2.24) is 14.5 Å². The van der Waals surface area contributed by atoms with Crippen molar-refractivity contribution in [3.8, 4) is 0 Å². The molecule has 2 aromatic rings. The van der Waals surface area contributed by atoms with Gasteiger partial charge in [0, 0.05) is 31.6 Å². The van der Waals surface area contributed by atoms with Gasteiger partial charge in [-0.3, -0.25) is 19.0 Å². The van der Waals surface area contributed by atoms with Gasteiger partial charge in [-0.05, 0) is 37.0 Å². The molecule has 0 saturated heterocycles. The topological polar surface area (TPSA) is 92.5 Å². The van der Waals surface area contributed by atoms with Gasteiger partial charge >= 0.3 is 5.97 Å². The summed E-state index contributed by atoms with van der Waals surface area (Å²) in [7, 11) is 0. The Kier molecular flexibility index (Phi) is 6.11. The van der Waals surface area contributed by atoms with E-state index in [4.69, 9.17) is 5.11 Å². The molecule has 1 aliphatic heterocycles. The standard InChI is InChI=1S/C21H27N3O4/c1-14(2)13-23(11-9-19(25)26)20(27)15-7-8-16-17(12-15)22-18-6-4-3-5-10-24(18)21(16)28/h7-8,12,14H,3-6,9-11,13H2,1-2H3,(H,25,26). The molecule has 1 aromatic heterocycles. The van der Waals surface area contributed by atoms with Gasteiger partial charge < -0.3 is 10.0 Å². The highest BCUT2D eigenvalue weighted by molar-refractivity contribution is 5.97. The minimum Gasteiger partial charge on any atom is -0.481 e. The number of carbonyl (C=O) groups excluding carboxylic acids is 1. The van der Waals surface area contributed by atoms with Gasteiger partial charge in [0.15, 0.2) is 0 Å². The predicted molar refractivity (Wildman–Crippen MR) is 107 cm³/mol. The fourth-order valence-corrected chi connectivity index (χ4v) is 3.68. The van der Waals surface area contributed by atoms with E-state index < -0.39 is 5.97 Å². The number of nitrogens with zero attached hydrogens (tertiary/aromatic N) is 3.